The standard InChI is InChI=1S/C14H16BrNO/c1-8(2)6-10-7-13(17)11-4-5-12(15)9(3)14(11)16-10/h4-5,7-8H,6H2,1-3H3,(H,16,17). The molecular formula is C14H16BrNO. The highest BCUT2D eigenvalue weighted by Crippen LogP contribution is 2.22. The minimum absolute atomic E-state index is 0.102. The van der Waals surface area contributed by atoms with Crippen LogP contribution in [0.2, 0.25) is 0 Å². The molecule has 90 valence electrons. The highest BCUT2D eigenvalue weighted by Gasteiger charge is 2.07. The maximum Gasteiger partial charge on any atom is 0.189 e. The molecular weight excluding hydrogens is 278 g/mol. The fraction of sp³-hybridized carbons (Fsp3) is 0.357. The van der Waals surface area contributed by atoms with Crippen molar-refractivity contribution < 1.29 is 0 Å². The second-order valence-electron chi connectivity index (χ2n) is 4.85. The summed E-state index contributed by atoms with van der Waals surface area (Å²) in [7, 11) is 0. The highest BCUT2D eigenvalue weighted by atomic mass is 79.9. The van der Waals surface area contributed by atoms with Crippen LogP contribution in [0.4, 0.5) is 0 Å². The van der Waals surface area contributed by atoms with Crippen molar-refractivity contribution in [2.75, 3.05) is 0 Å². The molecule has 0 radical (unpaired) electrons. The van der Waals surface area contributed by atoms with E-state index in [2.05, 4.69) is 34.8 Å². The first-order valence-corrected chi connectivity index (χ1v) is 6.59. The van der Waals surface area contributed by atoms with E-state index in [0.29, 0.717) is 5.92 Å². The molecule has 0 aliphatic rings. The second kappa shape index (κ2) is 4.65. The van der Waals surface area contributed by atoms with Crippen molar-refractivity contribution in [3.63, 3.8) is 0 Å². The van der Waals surface area contributed by atoms with Gasteiger partial charge in [0.05, 0.1) is 5.52 Å². The predicted octanol–water partition coefficient (Wildman–Crippen LogP) is 3.80. The molecule has 17 heavy (non-hydrogen) atoms. The van der Waals surface area contributed by atoms with Crippen molar-refractivity contribution in [3.8, 4) is 0 Å². The summed E-state index contributed by atoms with van der Waals surface area (Å²) in [6.07, 6.45) is 0.900. The molecule has 0 aliphatic heterocycles. The predicted molar refractivity (Wildman–Crippen MR) is 75.5 cm³/mol. The van der Waals surface area contributed by atoms with Crippen molar-refractivity contribution >= 4 is 26.8 Å². The maximum absolute atomic E-state index is 12.0. The third-order valence-electron chi connectivity index (χ3n) is 2.88. The summed E-state index contributed by atoms with van der Waals surface area (Å²) in [5.41, 5.74) is 3.15. The first-order valence-electron chi connectivity index (χ1n) is 5.80. The number of aryl methyl sites for hydroxylation is 1. The van der Waals surface area contributed by atoms with Gasteiger partial charge in [-0.2, -0.15) is 0 Å². The third-order valence-corrected chi connectivity index (χ3v) is 3.74. The zero-order valence-corrected chi connectivity index (χ0v) is 11.9. The van der Waals surface area contributed by atoms with Crippen LogP contribution in [0.15, 0.2) is 27.5 Å². The van der Waals surface area contributed by atoms with E-state index in [1.165, 1.54) is 0 Å². The molecule has 0 bridgehead atoms. The molecule has 0 saturated heterocycles. The number of nitrogens with one attached hydrogen (secondary N) is 1. The summed E-state index contributed by atoms with van der Waals surface area (Å²) in [5.74, 6) is 0.538. The number of pyridine rings is 1. The Labute approximate surface area is 109 Å². The Hall–Kier alpha value is -1.09. The minimum atomic E-state index is 0.102. The Morgan fingerprint density at radius 3 is 2.71 bits per heavy atom. The summed E-state index contributed by atoms with van der Waals surface area (Å²) in [6, 6.07) is 5.51. The van der Waals surface area contributed by atoms with Gasteiger partial charge in [-0.25, -0.2) is 0 Å². The molecule has 1 N–H and O–H groups in total. The first-order chi connectivity index (χ1) is 7.99. The van der Waals surface area contributed by atoms with Crippen LogP contribution < -0.4 is 5.43 Å². The molecule has 0 spiro atoms. The smallest absolute Gasteiger partial charge is 0.189 e. The van der Waals surface area contributed by atoms with Gasteiger partial charge in [-0.3, -0.25) is 4.79 Å². The number of aromatic amines is 1. The Balaban J connectivity index is 2.70. The molecule has 0 fully saturated rings. The number of benzene rings is 1. The van der Waals surface area contributed by atoms with Gasteiger partial charge in [0.25, 0.3) is 0 Å². The molecule has 0 unspecified atom stereocenters. The third kappa shape index (κ3) is 2.44. The molecule has 3 heteroatoms. The Morgan fingerprint density at radius 2 is 2.06 bits per heavy atom. The highest BCUT2D eigenvalue weighted by molar-refractivity contribution is 9.10. The number of aromatic nitrogens is 1. The van der Waals surface area contributed by atoms with Crippen molar-refractivity contribution in [2.24, 2.45) is 5.92 Å². The van der Waals surface area contributed by atoms with E-state index < -0.39 is 0 Å². The fourth-order valence-corrected chi connectivity index (χ4v) is 2.37. The van der Waals surface area contributed by atoms with Crippen LogP contribution in [0.3, 0.4) is 0 Å². The van der Waals surface area contributed by atoms with Crippen LogP contribution in [0.25, 0.3) is 10.9 Å². The SMILES string of the molecule is Cc1c(Br)ccc2c(=O)cc(CC(C)C)[nH]c12. The van der Waals surface area contributed by atoms with E-state index >= 15 is 0 Å². The Morgan fingerprint density at radius 1 is 1.35 bits per heavy atom. The lowest BCUT2D eigenvalue weighted by Gasteiger charge is -2.09. The van der Waals surface area contributed by atoms with Gasteiger partial charge in [-0.1, -0.05) is 29.8 Å². The van der Waals surface area contributed by atoms with E-state index in [0.717, 1.165) is 33.1 Å². The lowest BCUT2D eigenvalue weighted by Crippen LogP contribution is -2.08. The summed E-state index contributed by atoms with van der Waals surface area (Å²) in [6.45, 7) is 6.31. The number of halogens is 1. The fourth-order valence-electron chi connectivity index (χ4n) is 2.04. The van der Waals surface area contributed by atoms with Crippen LogP contribution in [-0.2, 0) is 6.42 Å². The van der Waals surface area contributed by atoms with Crippen LogP contribution >= 0.6 is 15.9 Å². The van der Waals surface area contributed by atoms with Crippen molar-refractivity contribution in [1.29, 1.82) is 0 Å². The van der Waals surface area contributed by atoms with Gasteiger partial charge >= 0.3 is 0 Å². The molecule has 2 nitrogen and oxygen atoms in total. The number of H-pyrrole nitrogens is 1. The Bertz CT molecular complexity index is 613. The van der Waals surface area contributed by atoms with Crippen LogP contribution in [0.5, 0.6) is 0 Å². The zero-order valence-electron chi connectivity index (χ0n) is 10.3. The molecule has 0 atom stereocenters. The molecule has 1 aromatic heterocycles. The molecule has 1 aromatic carbocycles. The van der Waals surface area contributed by atoms with Crippen LogP contribution in [0.1, 0.15) is 25.1 Å². The summed E-state index contributed by atoms with van der Waals surface area (Å²) in [5, 5.41) is 0.762. The quantitative estimate of drug-likeness (QED) is 0.898. The van der Waals surface area contributed by atoms with Gasteiger partial charge in [-0.15, -0.1) is 0 Å². The van der Waals surface area contributed by atoms with Gasteiger partial charge in [0.15, 0.2) is 5.43 Å². The lowest BCUT2D eigenvalue weighted by atomic mass is 10.1. The van der Waals surface area contributed by atoms with Crippen LogP contribution in [-0.4, -0.2) is 4.98 Å². The van der Waals surface area contributed by atoms with Crippen LogP contribution in [0, 0.1) is 12.8 Å². The lowest BCUT2D eigenvalue weighted by molar-refractivity contribution is 0.636. The molecule has 0 aliphatic carbocycles. The van der Waals surface area contributed by atoms with Gasteiger partial charge in [0.2, 0.25) is 0 Å². The topological polar surface area (TPSA) is 32.9 Å². The molecule has 0 amide bonds. The molecule has 0 saturated carbocycles. The molecule has 2 aromatic rings. The van der Waals surface area contributed by atoms with E-state index in [4.69, 9.17) is 0 Å². The maximum atomic E-state index is 12.0. The number of hydrogen-bond acceptors (Lipinski definition) is 1. The number of hydrogen-bond donors (Lipinski definition) is 1. The summed E-state index contributed by atoms with van der Waals surface area (Å²) >= 11 is 3.49. The van der Waals surface area contributed by atoms with E-state index in [1.54, 1.807) is 6.07 Å². The Kier molecular flexibility index (Phi) is 3.38. The van der Waals surface area contributed by atoms with E-state index in [-0.39, 0.29) is 5.43 Å². The molecule has 1 heterocycles. The average molecular weight is 294 g/mol. The van der Waals surface area contributed by atoms with Gasteiger partial charge in [-0.05, 0) is 37.0 Å². The second-order valence-corrected chi connectivity index (χ2v) is 5.71. The minimum Gasteiger partial charge on any atom is -0.358 e. The summed E-state index contributed by atoms with van der Waals surface area (Å²) in [4.78, 5) is 15.4. The monoisotopic (exact) mass is 293 g/mol. The van der Waals surface area contributed by atoms with E-state index in [1.807, 2.05) is 19.1 Å². The zero-order chi connectivity index (χ0) is 12.6. The largest absolute Gasteiger partial charge is 0.358 e. The average Bonchev–Trinajstić information content (AvgIpc) is 2.23. The van der Waals surface area contributed by atoms with Gasteiger partial charge < -0.3 is 4.98 Å². The van der Waals surface area contributed by atoms with E-state index in [9.17, 15) is 4.79 Å². The number of rotatable bonds is 2. The van der Waals surface area contributed by atoms with Crippen molar-refractivity contribution in [2.45, 2.75) is 27.2 Å². The van der Waals surface area contributed by atoms with Crippen molar-refractivity contribution in [3.05, 3.63) is 44.2 Å². The van der Waals surface area contributed by atoms with Gasteiger partial charge in [0.1, 0.15) is 0 Å². The number of fused-ring (bicyclic) bond motifs is 1. The summed E-state index contributed by atoms with van der Waals surface area (Å²) < 4.78 is 1.03. The molecule has 2 rings (SSSR count). The normalized spacial score (nSPS) is 11.4. The van der Waals surface area contributed by atoms with Gasteiger partial charge in [0, 0.05) is 21.6 Å². The first kappa shape index (κ1) is 12.4. The van der Waals surface area contributed by atoms with Crippen molar-refractivity contribution in [1.82, 2.24) is 4.98 Å².